The van der Waals surface area contributed by atoms with Gasteiger partial charge in [-0.3, -0.25) is 14.4 Å². The second-order valence-electron chi connectivity index (χ2n) is 11.4. The molecular weight excluding hydrogens is 552 g/mol. The van der Waals surface area contributed by atoms with Gasteiger partial charge in [-0.1, -0.05) is 48.5 Å². The van der Waals surface area contributed by atoms with E-state index in [4.69, 9.17) is 0 Å². The third kappa shape index (κ3) is 4.83. The summed E-state index contributed by atoms with van der Waals surface area (Å²) in [6.07, 6.45) is 2.55. The number of nitrogens with one attached hydrogen (secondary N) is 4. The zero-order valence-electron chi connectivity index (χ0n) is 24.0. The molecule has 4 aromatic carbocycles. The van der Waals surface area contributed by atoms with Gasteiger partial charge in [-0.2, -0.15) is 0 Å². The predicted octanol–water partition coefficient (Wildman–Crippen LogP) is 5.50. The zero-order chi connectivity index (χ0) is 30.2. The Kier molecular flexibility index (Phi) is 7.20. The molecule has 3 aliphatic heterocycles. The second kappa shape index (κ2) is 11.5. The Bertz CT molecular complexity index is 1930. The fraction of sp³-hybridized carbons (Fsp3) is 0.194. The highest BCUT2D eigenvalue weighted by Gasteiger charge is 2.37. The summed E-state index contributed by atoms with van der Waals surface area (Å²) in [5, 5.41) is 19.8. The standard InChI is InChI=1S/2C18H16N2O2/c2*21-10-11-3-1-4-12(9-11)17-13-7-8-19-18(22)14-5-2-6-15(20-17)16(13)14/h1-6,9,20-21H,7-8,10H2,(H,19,22);1-6,9-10,13,17,20H,7-8H2,(H,19,22). The van der Waals surface area contributed by atoms with Crippen LogP contribution in [0.1, 0.15) is 71.7 Å². The number of aromatic amines is 1. The van der Waals surface area contributed by atoms with Crippen LogP contribution in [-0.2, 0) is 13.0 Å². The molecule has 2 unspecified atom stereocenters. The smallest absolute Gasteiger partial charge is 0.251 e. The van der Waals surface area contributed by atoms with Crippen molar-refractivity contribution in [3.8, 4) is 11.3 Å². The number of amides is 2. The van der Waals surface area contributed by atoms with Crippen LogP contribution < -0.4 is 16.0 Å². The summed E-state index contributed by atoms with van der Waals surface area (Å²) >= 11 is 0. The Balaban J connectivity index is 0.000000142. The maximum Gasteiger partial charge on any atom is 0.251 e. The van der Waals surface area contributed by atoms with Crippen LogP contribution in [0.4, 0.5) is 5.69 Å². The molecule has 8 rings (SSSR count). The zero-order valence-corrected chi connectivity index (χ0v) is 24.0. The van der Waals surface area contributed by atoms with Gasteiger partial charge in [-0.15, -0.1) is 0 Å². The molecule has 1 aromatic heterocycles. The molecule has 0 aliphatic carbocycles. The third-order valence-electron chi connectivity index (χ3n) is 8.81. The quantitative estimate of drug-likeness (QED) is 0.179. The molecule has 3 aliphatic rings. The highest BCUT2D eigenvalue weighted by atomic mass is 16.3. The Hall–Kier alpha value is -5.21. The SMILES string of the molecule is O=C1NCCc2c(-c3cccc(CO)c3)[nH]c3cccc1c23.O=Cc1cccc(C2Nc3cccc4c3C2CCNC4=O)c1. The molecule has 0 bridgehead atoms. The molecule has 0 spiro atoms. The molecule has 5 N–H and O–H groups in total. The minimum Gasteiger partial charge on any atom is -0.392 e. The van der Waals surface area contributed by atoms with Crippen LogP contribution in [0.15, 0.2) is 84.9 Å². The van der Waals surface area contributed by atoms with Crippen LogP contribution in [0.3, 0.4) is 0 Å². The minimum atomic E-state index is -0.0148. The highest BCUT2D eigenvalue weighted by Crippen LogP contribution is 2.48. The van der Waals surface area contributed by atoms with Crippen molar-refractivity contribution in [2.24, 2.45) is 0 Å². The van der Waals surface area contributed by atoms with Gasteiger partial charge in [-0.05, 0) is 77.1 Å². The van der Waals surface area contributed by atoms with E-state index in [1.807, 2.05) is 84.9 Å². The first-order valence-electron chi connectivity index (χ1n) is 14.9. The van der Waals surface area contributed by atoms with Gasteiger partial charge in [0.2, 0.25) is 0 Å². The lowest BCUT2D eigenvalue weighted by molar-refractivity contribution is 0.0948. The number of aliphatic hydroxyl groups is 1. The number of hydrogen-bond acceptors (Lipinski definition) is 5. The Morgan fingerprint density at radius 3 is 2.48 bits per heavy atom. The first kappa shape index (κ1) is 27.6. The number of carbonyl (C=O) groups excluding carboxylic acids is 3. The number of anilines is 1. The molecule has 0 saturated carbocycles. The molecular formula is C36H32N4O4. The first-order chi connectivity index (χ1) is 21.6. The summed E-state index contributed by atoms with van der Waals surface area (Å²) in [4.78, 5) is 38.9. The summed E-state index contributed by atoms with van der Waals surface area (Å²) in [5.74, 6) is 0.231. The molecule has 2 amide bonds. The average molecular weight is 585 g/mol. The number of aldehydes is 1. The molecule has 2 atom stereocenters. The maximum atomic E-state index is 12.2. The molecule has 5 aromatic rings. The van der Waals surface area contributed by atoms with Crippen LogP contribution in [0.2, 0.25) is 0 Å². The molecule has 0 saturated heterocycles. The third-order valence-corrected chi connectivity index (χ3v) is 8.81. The second-order valence-corrected chi connectivity index (χ2v) is 11.4. The van der Waals surface area contributed by atoms with Gasteiger partial charge >= 0.3 is 0 Å². The van der Waals surface area contributed by atoms with E-state index < -0.39 is 0 Å². The Morgan fingerprint density at radius 1 is 0.841 bits per heavy atom. The highest BCUT2D eigenvalue weighted by molar-refractivity contribution is 6.10. The molecule has 220 valence electrons. The monoisotopic (exact) mass is 584 g/mol. The fourth-order valence-corrected chi connectivity index (χ4v) is 6.84. The van der Waals surface area contributed by atoms with Gasteiger partial charge in [0.25, 0.3) is 11.8 Å². The lowest BCUT2D eigenvalue weighted by Crippen LogP contribution is -2.23. The largest absolute Gasteiger partial charge is 0.392 e. The van der Waals surface area contributed by atoms with Crippen LogP contribution in [0.5, 0.6) is 0 Å². The molecule has 8 nitrogen and oxygen atoms in total. The normalized spacial score (nSPS) is 18.1. The fourth-order valence-electron chi connectivity index (χ4n) is 6.84. The summed E-state index contributed by atoms with van der Waals surface area (Å²) in [6, 6.07) is 27.2. The van der Waals surface area contributed by atoms with Crippen LogP contribution >= 0.6 is 0 Å². The predicted molar refractivity (Wildman–Crippen MR) is 170 cm³/mol. The Labute approximate surface area is 254 Å². The average Bonchev–Trinajstić information content (AvgIpc) is 3.51. The van der Waals surface area contributed by atoms with Crippen molar-refractivity contribution in [3.63, 3.8) is 0 Å². The van der Waals surface area contributed by atoms with E-state index in [9.17, 15) is 19.5 Å². The number of aromatic nitrogens is 1. The van der Waals surface area contributed by atoms with E-state index >= 15 is 0 Å². The van der Waals surface area contributed by atoms with Crippen molar-refractivity contribution >= 4 is 34.7 Å². The summed E-state index contributed by atoms with van der Waals surface area (Å²) in [5.41, 5.74) is 10.5. The van der Waals surface area contributed by atoms with Gasteiger partial charge in [0.1, 0.15) is 6.29 Å². The molecule has 0 fully saturated rings. The van der Waals surface area contributed by atoms with Gasteiger partial charge in [0, 0.05) is 58.0 Å². The summed E-state index contributed by atoms with van der Waals surface area (Å²) in [7, 11) is 0. The molecule has 4 heterocycles. The van der Waals surface area contributed by atoms with Crippen molar-refractivity contribution in [1.82, 2.24) is 15.6 Å². The summed E-state index contributed by atoms with van der Waals surface area (Å²) < 4.78 is 0. The number of hydrogen-bond donors (Lipinski definition) is 5. The maximum absolute atomic E-state index is 12.2. The lowest BCUT2D eigenvalue weighted by atomic mass is 9.86. The number of carbonyl (C=O) groups is 3. The van der Waals surface area contributed by atoms with Crippen molar-refractivity contribution in [2.45, 2.75) is 31.4 Å². The van der Waals surface area contributed by atoms with Gasteiger partial charge < -0.3 is 26.0 Å². The van der Waals surface area contributed by atoms with E-state index in [1.54, 1.807) is 0 Å². The Morgan fingerprint density at radius 2 is 1.61 bits per heavy atom. The van der Waals surface area contributed by atoms with Gasteiger partial charge in [-0.25, -0.2) is 0 Å². The van der Waals surface area contributed by atoms with Gasteiger partial charge in [0.05, 0.1) is 12.6 Å². The van der Waals surface area contributed by atoms with Crippen molar-refractivity contribution < 1.29 is 19.5 Å². The van der Waals surface area contributed by atoms with E-state index in [2.05, 4.69) is 20.9 Å². The van der Waals surface area contributed by atoms with Gasteiger partial charge in [0.15, 0.2) is 0 Å². The number of aliphatic hydroxyl groups excluding tert-OH is 1. The first-order valence-corrected chi connectivity index (χ1v) is 14.9. The topological polar surface area (TPSA) is 123 Å². The lowest BCUT2D eigenvalue weighted by Gasteiger charge is -2.20. The van der Waals surface area contributed by atoms with Crippen molar-refractivity contribution in [1.29, 1.82) is 0 Å². The van der Waals surface area contributed by atoms with E-state index in [1.165, 1.54) is 5.56 Å². The van der Waals surface area contributed by atoms with E-state index in [-0.39, 0.29) is 30.4 Å². The van der Waals surface area contributed by atoms with E-state index in [0.29, 0.717) is 18.7 Å². The number of rotatable bonds is 4. The van der Waals surface area contributed by atoms with Crippen LogP contribution in [0.25, 0.3) is 22.2 Å². The van der Waals surface area contributed by atoms with Crippen molar-refractivity contribution in [3.05, 3.63) is 124 Å². The molecule has 44 heavy (non-hydrogen) atoms. The van der Waals surface area contributed by atoms with Crippen LogP contribution in [-0.4, -0.2) is 41.3 Å². The summed E-state index contributed by atoms with van der Waals surface area (Å²) in [6.45, 7) is 1.32. The van der Waals surface area contributed by atoms with E-state index in [0.717, 1.165) is 74.8 Å². The number of H-pyrrole nitrogens is 1. The van der Waals surface area contributed by atoms with Crippen LogP contribution in [0, 0.1) is 0 Å². The van der Waals surface area contributed by atoms with Crippen molar-refractivity contribution in [2.75, 3.05) is 18.4 Å². The minimum absolute atomic E-state index is 0.00319. The number of benzene rings is 4. The molecule has 8 heteroatoms. The molecule has 0 radical (unpaired) electrons.